The molecule has 1 rings (SSSR count). The van der Waals surface area contributed by atoms with Crippen molar-refractivity contribution in [2.45, 2.75) is 37.3 Å². The second-order valence-electron chi connectivity index (χ2n) is 4.15. The fraction of sp³-hybridized carbons (Fsp3) is 0.455. The van der Waals surface area contributed by atoms with Gasteiger partial charge in [-0.3, -0.25) is 0 Å². The maximum atomic E-state index is 3.56. The summed E-state index contributed by atoms with van der Waals surface area (Å²) in [6.45, 7) is 8.81. The number of hydrogen-bond acceptors (Lipinski definition) is 1. The highest BCUT2D eigenvalue weighted by Gasteiger charge is 2.13. The largest absolute Gasteiger partial charge is 0.119 e. The minimum absolute atomic E-state index is 0.274. The monoisotopic (exact) mass is 258 g/mol. The average molecular weight is 259 g/mol. The Morgan fingerprint density at radius 2 is 1.85 bits per heavy atom. The number of thioether (sulfide) groups is 1. The molecule has 0 bridgehead atoms. The number of halogens is 1. The van der Waals surface area contributed by atoms with E-state index in [1.807, 2.05) is 11.8 Å². The average Bonchev–Trinajstić information content (AvgIpc) is 1.94. The third-order valence-electron chi connectivity index (χ3n) is 1.50. The second-order valence-corrected chi connectivity index (χ2v) is 6.87. The molecule has 0 amide bonds. The summed E-state index contributed by atoms with van der Waals surface area (Å²) < 4.78 is 1.47. The second kappa shape index (κ2) is 4.05. The summed E-state index contributed by atoms with van der Waals surface area (Å²) in [4.78, 5) is 1.33. The van der Waals surface area contributed by atoms with E-state index >= 15 is 0 Å². The third-order valence-corrected chi connectivity index (χ3v) is 3.63. The molecule has 0 aliphatic rings. The van der Waals surface area contributed by atoms with Crippen molar-refractivity contribution in [2.75, 3.05) is 0 Å². The Morgan fingerprint density at radius 3 is 2.38 bits per heavy atom. The van der Waals surface area contributed by atoms with Crippen molar-refractivity contribution in [3.63, 3.8) is 0 Å². The van der Waals surface area contributed by atoms with Crippen LogP contribution in [0.25, 0.3) is 0 Å². The van der Waals surface area contributed by atoms with Crippen LogP contribution in [0.2, 0.25) is 0 Å². The van der Waals surface area contributed by atoms with Crippen molar-refractivity contribution in [1.29, 1.82) is 0 Å². The third kappa shape index (κ3) is 3.74. The molecule has 1 aromatic carbocycles. The number of aryl methyl sites for hydroxylation is 1. The van der Waals surface area contributed by atoms with Gasteiger partial charge in [-0.15, -0.1) is 11.8 Å². The van der Waals surface area contributed by atoms with E-state index in [0.29, 0.717) is 0 Å². The quantitative estimate of drug-likeness (QED) is 0.661. The standard InChI is InChI=1S/C11H15BrS/c1-8-5-6-9(12)10(7-8)13-11(2,3)4/h5-7H,1-4H3. The van der Waals surface area contributed by atoms with E-state index in [1.165, 1.54) is 14.9 Å². The van der Waals surface area contributed by atoms with Gasteiger partial charge in [-0.25, -0.2) is 0 Å². The van der Waals surface area contributed by atoms with Crippen molar-refractivity contribution in [3.8, 4) is 0 Å². The molecule has 0 nitrogen and oxygen atoms in total. The molecule has 0 spiro atoms. The molecular weight excluding hydrogens is 244 g/mol. The Bertz CT molecular complexity index is 299. The van der Waals surface area contributed by atoms with Gasteiger partial charge >= 0.3 is 0 Å². The maximum Gasteiger partial charge on any atom is 0.0311 e. The van der Waals surface area contributed by atoms with Gasteiger partial charge in [0.25, 0.3) is 0 Å². The summed E-state index contributed by atoms with van der Waals surface area (Å²) in [7, 11) is 0. The normalized spacial score (nSPS) is 11.8. The predicted octanol–water partition coefficient (Wildman–Crippen LogP) is 4.65. The molecule has 0 saturated heterocycles. The van der Waals surface area contributed by atoms with E-state index < -0.39 is 0 Å². The Labute approximate surface area is 93.2 Å². The van der Waals surface area contributed by atoms with Crippen LogP contribution in [0.3, 0.4) is 0 Å². The van der Waals surface area contributed by atoms with Crippen LogP contribution in [0.15, 0.2) is 27.6 Å². The number of rotatable bonds is 1. The Balaban J connectivity index is 2.94. The van der Waals surface area contributed by atoms with Gasteiger partial charge in [0, 0.05) is 14.1 Å². The van der Waals surface area contributed by atoms with Crippen molar-refractivity contribution in [1.82, 2.24) is 0 Å². The first kappa shape index (κ1) is 11.1. The summed E-state index contributed by atoms with van der Waals surface area (Å²) in [6, 6.07) is 6.46. The van der Waals surface area contributed by atoms with Crippen LogP contribution < -0.4 is 0 Å². The predicted molar refractivity (Wildman–Crippen MR) is 64.5 cm³/mol. The van der Waals surface area contributed by atoms with Gasteiger partial charge in [0.15, 0.2) is 0 Å². The topological polar surface area (TPSA) is 0 Å². The summed E-state index contributed by atoms with van der Waals surface area (Å²) in [5.41, 5.74) is 1.31. The Hall–Kier alpha value is 0.0500. The molecule has 0 aliphatic carbocycles. The molecule has 2 heteroatoms. The Kier molecular flexibility index (Phi) is 3.47. The van der Waals surface area contributed by atoms with E-state index in [4.69, 9.17) is 0 Å². The zero-order valence-electron chi connectivity index (χ0n) is 8.52. The lowest BCUT2D eigenvalue weighted by molar-refractivity contribution is 0.802. The van der Waals surface area contributed by atoms with Gasteiger partial charge < -0.3 is 0 Å². The molecule has 0 N–H and O–H groups in total. The van der Waals surface area contributed by atoms with Gasteiger partial charge in [0.2, 0.25) is 0 Å². The van der Waals surface area contributed by atoms with Gasteiger partial charge in [-0.2, -0.15) is 0 Å². The molecule has 0 aromatic heterocycles. The highest BCUT2D eigenvalue weighted by atomic mass is 79.9. The highest BCUT2D eigenvalue weighted by Crippen LogP contribution is 2.36. The summed E-state index contributed by atoms with van der Waals surface area (Å²) in [5.74, 6) is 0. The molecule has 13 heavy (non-hydrogen) atoms. The van der Waals surface area contributed by atoms with Crippen LogP contribution in [0.1, 0.15) is 26.3 Å². The van der Waals surface area contributed by atoms with Crippen molar-refractivity contribution in [2.24, 2.45) is 0 Å². The minimum Gasteiger partial charge on any atom is -0.119 e. The lowest BCUT2D eigenvalue weighted by atomic mass is 10.2. The molecule has 0 atom stereocenters. The zero-order chi connectivity index (χ0) is 10.1. The van der Waals surface area contributed by atoms with Gasteiger partial charge in [0.05, 0.1) is 0 Å². The first-order chi connectivity index (χ1) is 5.88. The van der Waals surface area contributed by atoms with Gasteiger partial charge in [-0.05, 0) is 40.5 Å². The molecule has 0 radical (unpaired) electrons. The van der Waals surface area contributed by atoms with Gasteiger partial charge in [-0.1, -0.05) is 26.8 Å². The molecule has 0 aliphatic heterocycles. The molecule has 0 heterocycles. The number of hydrogen-bond donors (Lipinski definition) is 0. The van der Waals surface area contributed by atoms with E-state index in [2.05, 4.69) is 61.8 Å². The molecule has 72 valence electrons. The lowest BCUT2D eigenvalue weighted by Crippen LogP contribution is -2.06. The Morgan fingerprint density at radius 1 is 1.23 bits per heavy atom. The molecule has 1 aromatic rings. The van der Waals surface area contributed by atoms with E-state index in [1.54, 1.807) is 0 Å². The summed E-state index contributed by atoms with van der Waals surface area (Å²) >= 11 is 5.46. The molecular formula is C11H15BrS. The molecule has 0 fully saturated rings. The SMILES string of the molecule is Cc1ccc(Br)c(SC(C)(C)C)c1. The lowest BCUT2D eigenvalue weighted by Gasteiger charge is -2.18. The first-order valence-electron chi connectivity index (χ1n) is 4.34. The van der Waals surface area contributed by atoms with Gasteiger partial charge in [0.1, 0.15) is 0 Å². The van der Waals surface area contributed by atoms with Crippen molar-refractivity contribution < 1.29 is 0 Å². The van der Waals surface area contributed by atoms with Crippen molar-refractivity contribution in [3.05, 3.63) is 28.2 Å². The molecule has 0 unspecified atom stereocenters. The minimum atomic E-state index is 0.274. The fourth-order valence-electron chi connectivity index (χ4n) is 1.02. The smallest absolute Gasteiger partial charge is 0.0311 e. The van der Waals surface area contributed by atoms with Crippen LogP contribution in [0.4, 0.5) is 0 Å². The maximum absolute atomic E-state index is 3.56. The first-order valence-corrected chi connectivity index (χ1v) is 5.94. The van der Waals surface area contributed by atoms with Crippen molar-refractivity contribution >= 4 is 27.7 Å². The van der Waals surface area contributed by atoms with Crippen LogP contribution in [-0.4, -0.2) is 4.75 Å². The van der Waals surface area contributed by atoms with Crippen LogP contribution in [0.5, 0.6) is 0 Å². The van der Waals surface area contributed by atoms with E-state index in [9.17, 15) is 0 Å². The van der Waals surface area contributed by atoms with Crippen LogP contribution in [-0.2, 0) is 0 Å². The van der Waals surface area contributed by atoms with Crippen LogP contribution >= 0.6 is 27.7 Å². The highest BCUT2D eigenvalue weighted by molar-refractivity contribution is 9.10. The fourth-order valence-corrected chi connectivity index (χ4v) is 2.58. The van der Waals surface area contributed by atoms with Crippen LogP contribution in [0, 0.1) is 6.92 Å². The number of benzene rings is 1. The molecule has 0 saturated carbocycles. The summed E-state index contributed by atoms with van der Waals surface area (Å²) in [6.07, 6.45) is 0. The summed E-state index contributed by atoms with van der Waals surface area (Å²) in [5, 5.41) is 0. The zero-order valence-corrected chi connectivity index (χ0v) is 10.9. The van der Waals surface area contributed by atoms with E-state index in [-0.39, 0.29) is 4.75 Å². The van der Waals surface area contributed by atoms with E-state index in [0.717, 1.165) is 0 Å².